The zero-order valence-electron chi connectivity index (χ0n) is 11.2. The molecule has 2 N–H and O–H groups in total. The Morgan fingerprint density at radius 1 is 0.909 bits per heavy atom. The molecule has 22 heavy (non-hydrogen) atoms. The number of nitrogens with zero attached hydrogens (tertiary/aromatic N) is 2. The number of aromatic nitrogens is 2. The molecule has 0 saturated carbocycles. The highest BCUT2D eigenvalue weighted by Gasteiger charge is 2.14. The van der Waals surface area contributed by atoms with E-state index in [9.17, 15) is 4.39 Å². The lowest BCUT2D eigenvalue weighted by atomic mass is 10.1. The third-order valence-electron chi connectivity index (χ3n) is 3.08. The molecule has 0 fully saturated rings. The number of hydrogen-bond donors (Lipinski definition) is 1. The van der Waals surface area contributed by atoms with Crippen molar-refractivity contribution >= 4 is 29.2 Å². The van der Waals surface area contributed by atoms with Gasteiger partial charge in [-0.2, -0.15) is 0 Å². The van der Waals surface area contributed by atoms with Crippen molar-refractivity contribution in [1.82, 2.24) is 9.97 Å². The summed E-state index contributed by atoms with van der Waals surface area (Å²) < 4.78 is 14.1. The van der Waals surface area contributed by atoms with Gasteiger partial charge in [0.05, 0.1) is 22.0 Å². The van der Waals surface area contributed by atoms with Gasteiger partial charge in [0.1, 0.15) is 5.82 Å². The van der Waals surface area contributed by atoms with Crippen molar-refractivity contribution in [3.05, 3.63) is 64.4 Å². The molecule has 0 atom stereocenters. The topological polar surface area (TPSA) is 51.8 Å². The smallest absolute Gasteiger partial charge is 0.221 e. The van der Waals surface area contributed by atoms with Gasteiger partial charge in [-0.15, -0.1) is 0 Å². The molecule has 2 aromatic carbocycles. The van der Waals surface area contributed by atoms with E-state index in [1.165, 1.54) is 12.1 Å². The molecule has 0 spiro atoms. The van der Waals surface area contributed by atoms with E-state index in [0.717, 1.165) is 5.56 Å². The molecule has 0 aliphatic rings. The zero-order valence-corrected chi connectivity index (χ0v) is 12.7. The van der Waals surface area contributed by atoms with Crippen LogP contribution in [-0.2, 0) is 0 Å². The summed E-state index contributed by atoms with van der Waals surface area (Å²) in [6.45, 7) is 0. The van der Waals surface area contributed by atoms with Crippen LogP contribution >= 0.6 is 23.2 Å². The third kappa shape index (κ3) is 2.89. The molecule has 1 heterocycles. The van der Waals surface area contributed by atoms with Gasteiger partial charge in [-0.25, -0.2) is 14.4 Å². The molecular formula is C16H10Cl2FN3. The number of anilines is 1. The molecule has 0 radical (unpaired) electrons. The van der Waals surface area contributed by atoms with E-state index >= 15 is 0 Å². The predicted molar refractivity (Wildman–Crippen MR) is 87.3 cm³/mol. The lowest BCUT2D eigenvalue weighted by Crippen LogP contribution is -2.00. The maximum Gasteiger partial charge on any atom is 0.221 e. The van der Waals surface area contributed by atoms with E-state index in [0.29, 0.717) is 16.4 Å². The van der Waals surface area contributed by atoms with E-state index in [1.807, 2.05) is 6.07 Å². The standard InChI is InChI=1S/C16H10Cl2FN3/c17-10-4-1-3-9(7-10)13-8-14(22-16(20)21-13)15-11(18)5-2-6-12(15)19/h1-8H,(H2,20,21,22). The fraction of sp³-hybridized carbons (Fsp3) is 0. The van der Waals surface area contributed by atoms with Crippen molar-refractivity contribution in [2.24, 2.45) is 0 Å². The van der Waals surface area contributed by atoms with Crippen LogP contribution in [0.4, 0.5) is 10.3 Å². The van der Waals surface area contributed by atoms with Crippen LogP contribution in [-0.4, -0.2) is 9.97 Å². The summed E-state index contributed by atoms with van der Waals surface area (Å²) in [7, 11) is 0. The van der Waals surface area contributed by atoms with Crippen LogP contribution in [0.3, 0.4) is 0 Å². The number of hydrogen-bond acceptors (Lipinski definition) is 3. The Hall–Kier alpha value is -2.17. The number of nitrogens with two attached hydrogens (primary N) is 1. The predicted octanol–water partition coefficient (Wildman–Crippen LogP) is 4.84. The highest BCUT2D eigenvalue weighted by atomic mass is 35.5. The first-order chi connectivity index (χ1) is 10.5. The average molecular weight is 334 g/mol. The van der Waals surface area contributed by atoms with Gasteiger partial charge in [0.25, 0.3) is 0 Å². The number of benzene rings is 2. The summed E-state index contributed by atoms with van der Waals surface area (Å²) in [4.78, 5) is 8.26. The molecule has 3 rings (SSSR count). The van der Waals surface area contributed by atoms with Crippen LogP contribution in [0.15, 0.2) is 48.5 Å². The van der Waals surface area contributed by atoms with Crippen LogP contribution in [0, 0.1) is 5.82 Å². The van der Waals surface area contributed by atoms with Crippen LogP contribution in [0.1, 0.15) is 0 Å². The first-order valence-electron chi connectivity index (χ1n) is 6.39. The Kier molecular flexibility index (Phi) is 3.96. The van der Waals surface area contributed by atoms with E-state index < -0.39 is 5.82 Å². The maximum absolute atomic E-state index is 14.1. The van der Waals surface area contributed by atoms with Crippen molar-refractivity contribution in [3.63, 3.8) is 0 Å². The Labute approximate surface area is 136 Å². The minimum Gasteiger partial charge on any atom is -0.368 e. The molecule has 110 valence electrons. The molecule has 6 heteroatoms. The fourth-order valence-electron chi connectivity index (χ4n) is 2.13. The number of halogens is 3. The van der Waals surface area contributed by atoms with E-state index in [1.54, 1.807) is 30.3 Å². The van der Waals surface area contributed by atoms with Crippen molar-refractivity contribution in [3.8, 4) is 22.5 Å². The quantitative estimate of drug-likeness (QED) is 0.730. The van der Waals surface area contributed by atoms with Gasteiger partial charge in [-0.1, -0.05) is 41.4 Å². The molecule has 0 aliphatic heterocycles. The monoisotopic (exact) mass is 333 g/mol. The maximum atomic E-state index is 14.1. The minimum absolute atomic E-state index is 0.0341. The third-order valence-corrected chi connectivity index (χ3v) is 3.63. The van der Waals surface area contributed by atoms with Crippen molar-refractivity contribution < 1.29 is 4.39 Å². The molecule has 0 saturated heterocycles. The SMILES string of the molecule is Nc1nc(-c2cccc(Cl)c2)cc(-c2c(F)cccc2Cl)n1. The summed E-state index contributed by atoms with van der Waals surface area (Å²) in [6, 6.07) is 13.2. The molecule has 0 aliphatic carbocycles. The highest BCUT2D eigenvalue weighted by Crippen LogP contribution is 2.32. The van der Waals surface area contributed by atoms with Gasteiger partial charge in [0.2, 0.25) is 5.95 Å². The van der Waals surface area contributed by atoms with E-state index in [4.69, 9.17) is 28.9 Å². The summed E-state index contributed by atoms with van der Waals surface area (Å²) in [5.41, 5.74) is 7.58. The van der Waals surface area contributed by atoms with Crippen LogP contribution < -0.4 is 5.73 Å². The molecule has 0 unspecified atom stereocenters. The number of nitrogen functional groups attached to an aromatic ring is 1. The Morgan fingerprint density at radius 2 is 1.64 bits per heavy atom. The van der Waals surface area contributed by atoms with Crippen LogP contribution in [0.25, 0.3) is 22.5 Å². The van der Waals surface area contributed by atoms with Gasteiger partial charge in [0, 0.05) is 10.6 Å². The first kappa shape index (κ1) is 14.8. The van der Waals surface area contributed by atoms with E-state index in [-0.39, 0.29) is 16.5 Å². The van der Waals surface area contributed by atoms with Gasteiger partial charge in [-0.3, -0.25) is 0 Å². The normalized spacial score (nSPS) is 10.7. The summed E-state index contributed by atoms with van der Waals surface area (Å²) >= 11 is 12.1. The second-order valence-electron chi connectivity index (χ2n) is 4.60. The van der Waals surface area contributed by atoms with Gasteiger partial charge in [0.15, 0.2) is 0 Å². The summed E-state index contributed by atoms with van der Waals surface area (Å²) in [5.74, 6) is -0.436. The van der Waals surface area contributed by atoms with E-state index in [2.05, 4.69) is 9.97 Å². The largest absolute Gasteiger partial charge is 0.368 e. The fourth-order valence-corrected chi connectivity index (χ4v) is 2.58. The Bertz CT molecular complexity index is 832. The van der Waals surface area contributed by atoms with Crippen LogP contribution in [0.2, 0.25) is 10.0 Å². The molecule has 3 aromatic rings. The number of rotatable bonds is 2. The summed E-state index contributed by atoms with van der Waals surface area (Å²) in [6.07, 6.45) is 0. The molecule has 0 bridgehead atoms. The van der Waals surface area contributed by atoms with Gasteiger partial charge >= 0.3 is 0 Å². The zero-order chi connectivity index (χ0) is 15.7. The van der Waals surface area contributed by atoms with Crippen molar-refractivity contribution in [2.75, 3.05) is 5.73 Å². The van der Waals surface area contributed by atoms with Crippen molar-refractivity contribution in [2.45, 2.75) is 0 Å². The highest BCUT2D eigenvalue weighted by molar-refractivity contribution is 6.33. The molecule has 0 amide bonds. The second kappa shape index (κ2) is 5.91. The first-order valence-corrected chi connectivity index (χ1v) is 7.15. The Balaban J connectivity index is 2.19. The lowest BCUT2D eigenvalue weighted by molar-refractivity contribution is 0.631. The summed E-state index contributed by atoms with van der Waals surface area (Å²) in [5, 5.41) is 0.829. The minimum atomic E-state index is -0.470. The molecule has 1 aromatic heterocycles. The molecule has 3 nitrogen and oxygen atoms in total. The van der Waals surface area contributed by atoms with Gasteiger partial charge in [-0.05, 0) is 30.3 Å². The lowest BCUT2D eigenvalue weighted by Gasteiger charge is -2.09. The Morgan fingerprint density at radius 3 is 2.36 bits per heavy atom. The molecular weight excluding hydrogens is 324 g/mol. The van der Waals surface area contributed by atoms with Crippen molar-refractivity contribution in [1.29, 1.82) is 0 Å². The second-order valence-corrected chi connectivity index (χ2v) is 5.45. The average Bonchev–Trinajstić information content (AvgIpc) is 2.46. The van der Waals surface area contributed by atoms with Crippen LogP contribution in [0.5, 0.6) is 0 Å². The van der Waals surface area contributed by atoms with Gasteiger partial charge < -0.3 is 5.73 Å².